The van der Waals surface area contributed by atoms with E-state index in [-0.39, 0.29) is 5.41 Å². The fraction of sp³-hybridized carbons (Fsp3) is 0.389. The number of rotatable bonds is 3. The molecule has 0 aromatic carbocycles. The minimum absolute atomic E-state index is 0.0394. The Labute approximate surface area is 136 Å². The highest BCUT2D eigenvalue weighted by Gasteiger charge is 2.18. The van der Waals surface area contributed by atoms with Gasteiger partial charge in [-0.1, -0.05) is 33.8 Å². The highest BCUT2D eigenvalue weighted by Crippen LogP contribution is 2.27. The lowest BCUT2D eigenvalue weighted by atomic mass is 9.92. The molecule has 0 bridgehead atoms. The molecule has 3 aromatic rings. The fourth-order valence-corrected chi connectivity index (χ4v) is 2.57. The van der Waals surface area contributed by atoms with Crippen LogP contribution >= 0.6 is 0 Å². The molecule has 0 fully saturated rings. The van der Waals surface area contributed by atoms with Crippen LogP contribution in [0.3, 0.4) is 0 Å². The highest BCUT2D eigenvalue weighted by molar-refractivity contribution is 5.64. The standard InChI is InChI=1S/C18H23N5/c1-6-12-11(2)17(23-20-12)14-9-7-8-13(19-14)15-10-16(22-21-15)18(3,4)5/h7-10H,6H2,1-5H3,(H,20,23)(H,21,22). The summed E-state index contributed by atoms with van der Waals surface area (Å²) < 4.78 is 0. The number of pyridine rings is 1. The summed E-state index contributed by atoms with van der Waals surface area (Å²) in [5.41, 5.74) is 6.96. The first-order valence-electron chi connectivity index (χ1n) is 7.97. The molecule has 5 heteroatoms. The second-order valence-electron chi connectivity index (χ2n) is 6.85. The van der Waals surface area contributed by atoms with Crippen LogP contribution in [-0.4, -0.2) is 25.4 Å². The molecule has 3 rings (SSSR count). The molecule has 0 amide bonds. The van der Waals surface area contributed by atoms with Gasteiger partial charge in [-0.3, -0.25) is 10.2 Å². The van der Waals surface area contributed by atoms with E-state index in [0.717, 1.165) is 46.1 Å². The van der Waals surface area contributed by atoms with Crippen LogP contribution in [0.4, 0.5) is 0 Å². The highest BCUT2D eigenvalue weighted by atomic mass is 15.1. The molecule has 2 N–H and O–H groups in total. The van der Waals surface area contributed by atoms with Gasteiger partial charge in [-0.05, 0) is 37.1 Å². The van der Waals surface area contributed by atoms with Crippen LogP contribution in [0.2, 0.25) is 0 Å². The summed E-state index contributed by atoms with van der Waals surface area (Å²) in [5, 5.41) is 15.0. The van der Waals surface area contributed by atoms with Gasteiger partial charge in [-0.2, -0.15) is 10.2 Å². The first kappa shape index (κ1) is 15.5. The van der Waals surface area contributed by atoms with Crippen LogP contribution in [0.5, 0.6) is 0 Å². The summed E-state index contributed by atoms with van der Waals surface area (Å²) in [4.78, 5) is 4.75. The van der Waals surface area contributed by atoms with Crippen molar-refractivity contribution in [1.82, 2.24) is 25.4 Å². The third-order valence-corrected chi connectivity index (χ3v) is 4.10. The number of nitrogens with zero attached hydrogens (tertiary/aromatic N) is 3. The fourth-order valence-electron chi connectivity index (χ4n) is 2.57. The summed E-state index contributed by atoms with van der Waals surface area (Å²) in [5.74, 6) is 0. The minimum atomic E-state index is 0.0394. The molecule has 0 aliphatic rings. The third-order valence-electron chi connectivity index (χ3n) is 4.10. The van der Waals surface area contributed by atoms with Crippen molar-refractivity contribution in [1.29, 1.82) is 0 Å². The maximum absolute atomic E-state index is 4.75. The number of aromatic amines is 2. The third kappa shape index (κ3) is 2.91. The van der Waals surface area contributed by atoms with Gasteiger partial charge in [0.15, 0.2) is 0 Å². The van der Waals surface area contributed by atoms with Crippen LogP contribution in [0, 0.1) is 6.92 Å². The minimum Gasteiger partial charge on any atom is -0.282 e. The first-order chi connectivity index (χ1) is 10.9. The SMILES string of the molecule is CCc1[nH]nc(-c2cccc(-c3cc(C(C)(C)C)[nH]n3)n2)c1C. The second kappa shape index (κ2) is 5.65. The molecule has 3 aromatic heterocycles. The van der Waals surface area contributed by atoms with Crippen molar-refractivity contribution >= 4 is 0 Å². The van der Waals surface area contributed by atoms with E-state index in [2.05, 4.69) is 61.1 Å². The number of hydrogen-bond acceptors (Lipinski definition) is 3. The number of hydrogen-bond donors (Lipinski definition) is 2. The van der Waals surface area contributed by atoms with Gasteiger partial charge in [-0.25, -0.2) is 4.98 Å². The van der Waals surface area contributed by atoms with Crippen molar-refractivity contribution < 1.29 is 0 Å². The van der Waals surface area contributed by atoms with E-state index in [4.69, 9.17) is 4.98 Å². The van der Waals surface area contributed by atoms with Crippen LogP contribution in [-0.2, 0) is 11.8 Å². The van der Waals surface area contributed by atoms with Gasteiger partial charge < -0.3 is 0 Å². The van der Waals surface area contributed by atoms with Crippen molar-refractivity contribution in [3.63, 3.8) is 0 Å². The molecule has 0 aliphatic carbocycles. The van der Waals surface area contributed by atoms with E-state index in [9.17, 15) is 0 Å². The van der Waals surface area contributed by atoms with Crippen molar-refractivity contribution in [3.8, 4) is 22.8 Å². The Morgan fingerprint density at radius 2 is 1.74 bits per heavy atom. The van der Waals surface area contributed by atoms with Gasteiger partial charge >= 0.3 is 0 Å². The van der Waals surface area contributed by atoms with E-state index in [1.54, 1.807) is 0 Å². The van der Waals surface area contributed by atoms with Crippen molar-refractivity contribution in [3.05, 3.63) is 41.2 Å². The molecular formula is C18H23N5. The maximum atomic E-state index is 4.75. The number of aryl methyl sites for hydroxylation is 1. The lowest BCUT2D eigenvalue weighted by molar-refractivity contribution is 0.567. The first-order valence-corrected chi connectivity index (χ1v) is 7.97. The Bertz CT molecular complexity index is 820. The summed E-state index contributed by atoms with van der Waals surface area (Å²) in [6.45, 7) is 10.7. The molecular weight excluding hydrogens is 286 g/mol. The maximum Gasteiger partial charge on any atom is 0.114 e. The normalized spacial score (nSPS) is 11.9. The Morgan fingerprint density at radius 1 is 1.00 bits per heavy atom. The van der Waals surface area contributed by atoms with Crippen LogP contribution < -0.4 is 0 Å². The molecule has 5 nitrogen and oxygen atoms in total. The van der Waals surface area contributed by atoms with Gasteiger partial charge in [0.2, 0.25) is 0 Å². The van der Waals surface area contributed by atoms with Crippen LogP contribution in [0.15, 0.2) is 24.3 Å². The summed E-state index contributed by atoms with van der Waals surface area (Å²) in [6, 6.07) is 8.04. The largest absolute Gasteiger partial charge is 0.282 e. The molecule has 0 unspecified atom stereocenters. The van der Waals surface area contributed by atoms with Gasteiger partial charge in [0.05, 0.1) is 11.4 Å². The summed E-state index contributed by atoms with van der Waals surface area (Å²) >= 11 is 0. The second-order valence-corrected chi connectivity index (χ2v) is 6.85. The van der Waals surface area contributed by atoms with Crippen LogP contribution in [0.25, 0.3) is 22.8 Å². The van der Waals surface area contributed by atoms with Gasteiger partial charge in [-0.15, -0.1) is 0 Å². The Kier molecular flexibility index (Phi) is 3.80. The average Bonchev–Trinajstić information content (AvgIpc) is 3.13. The van der Waals surface area contributed by atoms with Gasteiger partial charge in [0, 0.05) is 16.8 Å². The average molecular weight is 309 g/mol. The van der Waals surface area contributed by atoms with E-state index in [0.29, 0.717) is 0 Å². The number of H-pyrrole nitrogens is 2. The molecule has 120 valence electrons. The van der Waals surface area contributed by atoms with E-state index in [1.165, 1.54) is 0 Å². The lowest BCUT2D eigenvalue weighted by Gasteiger charge is -2.14. The molecule has 0 aliphatic heterocycles. The zero-order valence-corrected chi connectivity index (χ0v) is 14.4. The molecule has 3 heterocycles. The molecule has 23 heavy (non-hydrogen) atoms. The van der Waals surface area contributed by atoms with Gasteiger partial charge in [0.25, 0.3) is 0 Å². The monoisotopic (exact) mass is 309 g/mol. The smallest absolute Gasteiger partial charge is 0.114 e. The predicted octanol–water partition coefficient (Wildman–Crippen LogP) is 4.03. The van der Waals surface area contributed by atoms with E-state index >= 15 is 0 Å². The Morgan fingerprint density at radius 3 is 2.35 bits per heavy atom. The van der Waals surface area contributed by atoms with E-state index in [1.807, 2.05) is 18.2 Å². The molecule has 0 saturated carbocycles. The molecule has 0 spiro atoms. The Hall–Kier alpha value is -2.43. The number of nitrogens with one attached hydrogen (secondary N) is 2. The topological polar surface area (TPSA) is 70.2 Å². The van der Waals surface area contributed by atoms with Gasteiger partial charge in [0.1, 0.15) is 11.4 Å². The molecule has 0 radical (unpaired) electrons. The summed E-state index contributed by atoms with van der Waals surface area (Å²) in [7, 11) is 0. The molecule has 0 atom stereocenters. The van der Waals surface area contributed by atoms with Crippen LogP contribution in [0.1, 0.15) is 44.6 Å². The van der Waals surface area contributed by atoms with E-state index < -0.39 is 0 Å². The van der Waals surface area contributed by atoms with Crippen molar-refractivity contribution in [2.75, 3.05) is 0 Å². The zero-order valence-electron chi connectivity index (χ0n) is 14.4. The zero-order chi connectivity index (χ0) is 16.6. The predicted molar refractivity (Wildman–Crippen MR) is 92.2 cm³/mol. The summed E-state index contributed by atoms with van der Waals surface area (Å²) in [6.07, 6.45) is 0.937. The Balaban J connectivity index is 2.00. The molecule has 0 saturated heterocycles. The van der Waals surface area contributed by atoms with Crippen molar-refractivity contribution in [2.24, 2.45) is 0 Å². The quantitative estimate of drug-likeness (QED) is 0.767. The van der Waals surface area contributed by atoms with Crippen molar-refractivity contribution in [2.45, 2.75) is 46.5 Å². The number of aromatic nitrogens is 5. The lowest BCUT2D eigenvalue weighted by Crippen LogP contribution is -2.11.